The predicted molar refractivity (Wildman–Crippen MR) is 72.7 cm³/mol. The second-order valence-corrected chi connectivity index (χ2v) is 4.58. The number of H-pyrrole nitrogens is 1. The van der Waals surface area contributed by atoms with Crippen molar-refractivity contribution >= 4 is 22.6 Å². The van der Waals surface area contributed by atoms with Gasteiger partial charge in [-0.25, -0.2) is 4.98 Å². The third-order valence-electron chi connectivity index (χ3n) is 3.00. The molecule has 1 aromatic carbocycles. The number of aromatic amines is 1. The van der Waals surface area contributed by atoms with Crippen LogP contribution in [0.2, 0.25) is 5.02 Å². The van der Waals surface area contributed by atoms with E-state index >= 15 is 0 Å². The van der Waals surface area contributed by atoms with E-state index in [4.69, 9.17) is 11.6 Å². The summed E-state index contributed by atoms with van der Waals surface area (Å²) in [6, 6.07) is 5.83. The Kier molecular flexibility index (Phi) is 4.02. The third-order valence-corrected chi connectivity index (χ3v) is 3.31. The monoisotopic (exact) mass is 251 g/mol. The first-order valence-corrected chi connectivity index (χ1v) is 6.48. The van der Waals surface area contributed by atoms with Gasteiger partial charge in [-0.3, -0.25) is 0 Å². The summed E-state index contributed by atoms with van der Waals surface area (Å²) in [4.78, 5) is 7.97. The van der Waals surface area contributed by atoms with Crippen LogP contribution in [0.4, 0.5) is 0 Å². The Morgan fingerprint density at radius 1 is 1.41 bits per heavy atom. The van der Waals surface area contributed by atoms with Crippen LogP contribution in [0.5, 0.6) is 0 Å². The molecule has 0 aliphatic rings. The molecule has 4 heteroatoms. The summed E-state index contributed by atoms with van der Waals surface area (Å²) in [6.07, 6.45) is 1.06. The fourth-order valence-corrected chi connectivity index (χ4v) is 2.18. The quantitative estimate of drug-likeness (QED) is 0.856. The van der Waals surface area contributed by atoms with Crippen molar-refractivity contribution in [3.05, 3.63) is 29.0 Å². The first-order valence-electron chi connectivity index (χ1n) is 6.11. The minimum absolute atomic E-state index is 0.415. The van der Waals surface area contributed by atoms with Gasteiger partial charge in [0.2, 0.25) is 0 Å². The number of halogens is 1. The van der Waals surface area contributed by atoms with Gasteiger partial charge in [0, 0.05) is 12.5 Å². The topological polar surface area (TPSA) is 40.7 Å². The lowest BCUT2D eigenvalue weighted by molar-refractivity contribution is 0.563. The standard InChI is InChI=1S/C13H18ClN3/c1-3-9(8-15-4-2)13-16-11-7-5-6-10(14)12(11)17-13/h5-7,9,15H,3-4,8H2,1-2H3,(H,16,17). The predicted octanol–water partition coefficient (Wildman–Crippen LogP) is 3.32. The molecule has 1 heterocycles. The Labute approximate surface area is 107 Å². The molecule has 0 saturated heterocycles. The average Bonchev–Trinajstić information content (AvgIpc) is 2.75. The number of hydrogen-bond donors (Lipinski definition) is 2. The van der Waals surface area contributed by atoms with Gasteiger partial charge in [0.25, 0.3) is 0 Å². The van der Waals surface area contributed by atoms with E-state index in [0.29, 0.717) is 10.9 Å². The highest BCUT2D eigenvalue weighted by atomic mass is 35.5. The maximum Gasteiger partial charge on any atom is 0.111 e. The number of imidazole rings is 1. The first kappa shape index (κ1) is 12.4. The summed E-state index contributed by atoms with van der Waals surface area (Å²) >= 11 is 6.12. The summed E-state index contributed by atoms with van der Waals surface area (Å²) < 4.78 is 0. The molecule has 2 rings (SSSR count). The summed E-state index contributed by atoms with van der Waals surface area (Å²) in [5.41, 5.74) is 1.89. The Hall–Kier alpha value is -1.06. The van der Waals surface area contributed by atoms with Crippen molar-refractivity contribution in [2.24, 2.45) is 0 Å². The second-order valence-electron chi connectivity index (χ2n) is 4.17. The highest BCUT2D eigenvalue weighted by Gasteiger charge is 2.14. The molecular weight excluding hydrogens is 234 g/mol. The number of benzene rings is 1. The van der Waals surface area contributed by atoms with Crippen molar-refractivity contribution in [1.82, 2.24) is 15.3 Å². The van der Waals surface area contributed by atoms with E-state index in [1.54, 1.807) is 0 Å². The fourth-order valence-electron chi connectivity index (χ4n) is 1.96. The van der Waals surface area contributed by atoms with Gasteiger partial charge in [0.15, 0.2) is 0 Å². The van der Waals surface area contributed by atoms with Gasteiger partial charge in [-0.15, -0.1) is 0 Å². The number of para-hydroxylation sites is 1. The van der Waals surface area contributed by atoms with Crippen molar-refractivity contribution in [1.29, 1.82) is 0 Å². The van der Waals surface area contributed by atoms with Crippen LogP contribution in [0.15, 0.2) is 18.2 Å². The molecule has 1 unspecified atom stereocenters. The summed E-state index contributed by atoms with van der Waals surface area (Å²) in [7, 11) is 0. The molecule has 3 nitrogen and oxygen atoms in total. The van der Waals surface area contributed by atoms with E-state index in [-0.39, 0.29) is 0 Å². The van der Waals surface area contributed by atoms with Crippen LogP contribution < -0.4 is 5.32 Å². The van der Waals surface area contributed by atoms with E-state index in [0.717, 1.165) is 36.4 Å². The third kappa shape index (κ3) is 2.61. The van der Waals surface area contributed by atoms with Crippen molar-refractivity contribution in [3.8, 4) is 0 Å². The van der Waals surface area contributed by atoms with Gasteiger partial charge in [-0.05, 0) is 25.1 Å². The lowest BCUT2D eigenvalue weighted by Crippen LogP contribution is -2.21. The maximum atomic E-state index is 6.12. The normalized spacial score (nSPS) is 13.1. The highest BCUT2D eigenvalue weighted by molar-refractivity contribution is 6.34. The lowest BCUT2D eigenvalue weighted by atomic mass is 10.1. The zero-order valence-corrected chi connectivity index (χ0v) is 11.0. The zero-order valence-electron chi connectivity index (χ0n) is 10.3. The molecule has 17 heavy (non-hydrogen) atoms. The molecule has 2 N–H and O–H groups in total. The van der Waals surface area contributed by atoms with Crippen molar-refractivity contribution < 1.29 is 0 Å². The second kappa shape index (κ2) is 5.52. The molecule has 0 radical (unpaired) electrons. The number of fused-ring (bicyclic) bond motifs is 1. The van der Waals surface area contributed by atoms with Crippen LogP contribution >= 0.6 is 11.6 Å². The highest BCUT2D eigenvalue weighted by Crippen LogP contribution is 2.24. The van der Waals surface area contributed by atoms with Gasteiger partial charge < -0.3 is 10.3 Å². The largest absolute Gasteiger partial charge is 0.342 e. The van der Waals surface area contributed by atoms with Crippen molar-refractivity contribution in [3.63, 3.8) is 0 Å². The smallest absolute Gasteiger partial charge is 0.111 e. The van der Waals surface area contributed by atoms with Gasteiger partial charge in [-0.2, -0.15) is 0 Å². The molecule has 1 atom stereocenters. The van der Waals surface area contributed by atoms with E-state index in [2.05, 4.69) is 29.1 Å². The summed E-state index contributed by atoms with van der Waals surface area (Å²) in [5.74, 6) is 1.44. The minimum Gasteiger partial charge on any atom is -0.342 e. The van der Waals surface area contributed by atoms with Gasteiger partial charge in [-0.1, -0.05) is 31.5 Å². The van der Waals surface area contributed by atoms with Crippen molar-refractivity contribution in [2.45, 2.75) is 26.2 Å². The van der Waals surface area contributed by atoms with Gasteiger partial charge >= 0.3 is 0 Å². The number of nitrogens with zero attached hydrogens (tertiary/aromatic N) is 1. The Balaban J connectivity index is 2.31. The molecule has 0 fully saturated rings. The summed E-state index contributed by atoms with van der Waals surface area (Å²) in [6.45, 7) is 6.22. The Bertz CT molecular complexity index is 492. The number of hydrogen-bond acceptors (Lipinski definition) is 2. The van der Waals surface area contributed by atoms with E-state index in [1.807, 2.05) is 18.2 Å². The molecule has 0 aliphatic heterocycles. The SMILES string of the molecule is CCNCC(CC)c1nc2c(Cl)cccc2[nH]1. The van der Waals surface area contributed by atoms with Gasteiger partial charge in [0.1, 0.15) is 11.3 Å². The molecule has 0 amide bonds. The van der Waals surface area contributed by atoms with Crippen LogP contribution in [0.1, 0.15) is 32.0 Å². The number of likely N-dealkylation sites (N-methyl/N-ethyl adjacent to an activating group) is 1. The Morgan fingerprint density at radius 2 is 2.24 bits per heavy atom. The average molecular weight is 252 g/mol. The minimum atomic E-state index is 0.415. The number of nitrogens with one attached hydrogen (secondary N) is 2. The zero-order chi connectivity index (χ0) is 12.3. The number of aromatic nitrogens is 2. The Morgan fingerprint density at radius 3 is 2.88 bits per heavy atom. The van der Waals surface area contributed by atoms with E-state index in [1.165, 1.54) is 0 Å². The van der Waals surface area contributed by atoms with Crippen LogP contribution in [-0.4, -0.2) is 23.1 Å². The molecule has 2 aromatic rings. The van der Waals surface area contributed by atoms with E-state index in [9.17, 15) is 0 Å². The molecule has 0 saturated carbocycles. The van der Waals surface area contributed by atoms with Crippen LogP contribution in [0.25, 0.3) is 11.0 Å². The van der Waals surface area contributed by atoms with Gasteiger partial charge in [0.05, 0.1) is 10.5 Å². The first-order chi connectivity index (χ1) is 8.26. The van der Waals surface area contributed by atoms with Crippen LogP contribution in [0.3, 0.4) is 0 Å². The van der Waals surface area contributed by atoms with Crippen LogP contribution in [0, 0.1) is 0 Å². The fraction of sp³-hybridized carbons (Fsp3) is 0.462. The van der Waals surface area contributed by atoms with Crippen molar-refractivity contribution in [2.75, 3.05) is 13.1 Å². The lowest BCUT2D eigenvalue weighted by Gasteiger charge is -2.11. The molecule has 0 aliphatic carbocycles. The molecule has 1 aromatic heterocycles. The number of rotatable bonds is 5. The molecule has 92 valence electrons. The molecule has 0 spiro atoms. The van der Waals surface area contributed by atoms with E-state index < -0.39 is 0 Å². The summed E-state index contributed by atoms with van der Waals surface area (Å²) in [5, 5.41) is 4.08. The maximum absolute atomic E-state index is 6.12. The molecular formula is C13H18ClN3. The van der Waals surface area contributed by atoms with Crippen LogP contribution in [-0.2, 0) is 0 Å². The molecule has 0 bridgehead atoms.